The summed E-state index contributed by atoms with van der Waals surface area (Å²) in [6.07, 6.45) is 3.25. The Labute approximate surface area is 125 Å². The van der Waals surface area contributed by atoms with Crippen molar-refractivity contribution in [3.05, 3.63) is 28.8 Å². The third-order valence-electron chi connectivity index (χ3n) is 3.56. The maximum Gasteiger partial charge on any atom is 0.0992 e. The lowest BCUT2D eigenvalue weighted by Gasteiger charge is -2.34. The first-order valence-corrected chi connectivity index (χ1v) is 7.38. The number of halogens is 1. The molecule has 0 aliphatic carbocycles. The number of ether oxygens (including phenoxy) is 1. The fraction of sp³-hybridized carbons (Fsp3) is 0.533. The standard InChI is InChI=1S/C15H20ClN3O/c16-14-10-12(11-18)2-3-15(14)19-7-4-13(5-8-19)20-9-1-6-17/h2-3,10,13H,1,4-9,17H2. The summed E-state index contributed by atoms with van der Waals surface area (Å²) in [6.45, 7) is 3.29. The molecule has 1 aliphatic rings. The number of rotatable bonds is 5. The van der Waals surface area contributed by atoms with Crippen LogP contribution >= 0.6 is 11.6 Å². The first-order valence-electron chi connectivity index (χ1n) is 7.01. The SMILES string of the molecule is N#Cc1ccc(N2CCC(OCCCN)CC2)c(Cl)c1. The van der Waals surface area contributed by atoms with Gasteiger partial charge in [0, 0.05) is 19.7 Å². The Hall–Kier alpha value is -1.28. The number of anilines is 1. The molecule has 1 aromatic rings. The molecule has 2 N–H and O–H groups in total. The fourth-order valence-corrected chi connectivity index (χ4v) is 2.73. The molecule has 4 nitrogen and oxygen atoms in total. The van der Waals surface area contributed by atoms with Crippen LogP contribution in [0.15, 0.2) is 18.2 Å². The van der Waals surface area contributed by atoms with Gasteiger partial charge in [0.2, 0.25) is 0 Å². The molecular weight excluding hydrogens is 274 g/mol. The lowest BCUT2D eigenvalue weighted by Crippen LogP contribution is -2.37. The zero-order valence-corrected chi connectivity index (χ0v) is 12.3. The van der Waals surface area contributed by atoms with E-state index in [2.05, 4.69) is 11.0 Å². The van der Waals surface area contributed by atoms with Crippen molar-refractivity contribution in [2.24, 2.45) is 5.73 Å². The van der Waals surface area contributed by atoms with Crippen molar-refractivity contribution in [1.29, 1.82) is 5.26 Å². The van der Waals surface area contributed by atoms with Crippen molar-refractivity contribution in [3.8, 4) is 6.07 Å². The second-order valence-electron chi connectivity index (χ2n) is 4.98. The molecule has 2 rings (SSSR count). The maximum atomic E-state index is 8.85. The Morgan fingerprint density at radius 2 is 2.15 bits per heavy atom. The molecular formula is C15H20ClN3O. The van der Waals surface area contributed by atoms with Crippen LogP contribution in [0.4, 0.5) is 5.69 Å². The van der Waals surface area contributed by atoms with Crippen LogP contribution in [0.1, 0.15) is 24.8 Å². The molecule has 1 saturated heterocycles. The quantitative estimate of drug-likeness (QED) is 0.848. The zero-order valence-electron chi connectivity index (χ0n) is 11.5. The van der Waals surface area contributed by atoms with Crippen molar-refractivity contribution >= 4 is 17.3 Å². The molecule has 5 heteroatoms. The first kappa shape index (κ1) is 15.1. The van der Waals surface area contributed by atoms with Gasteiger partial charge in [-0.05, 0) is 44.0 Å². The highest BCUT2D eigenvalue weighted by Crippen LogP contribution is 2.29. The van der Waals surface area contributed by atoms with E-state index in [1.807, 2.05) is 12.1 Å². The number of hydrogen-bond acceptors (Lipinski definition) is 4. The van der Waals surface area contributed by atoms with Crippen LogP contribution in [-0.2, 0) is 4.74 Å². The summed E-state index contributed by atoms with van der Waals surface area (Å²) in [6, 6.07) is 7.56. The molecule has 20 heavy (non-hydrogen) atoms. The van der Waals surface area contributed by atoms with Gasteiger partial charge in [0.25, 0.3) is 0 Å². The van der Waals surface area contributed by atoms with E-state index >= 15 is 0 Å². The van der Waals surface area contributed by atoms with E-state index in [0.29, 0.717) is 23.2 Å². The molecule has 1 aromatic carbocycles. The minimum Gasteiger partial charge on any atom is -0.378 e. The smallest absolute Gasteiger partial charge is 0.0992 e. The zero-order chi connectivity index (χ0) is 14.4. The van der Waals surface area contributed by atoms with Gasteiger partial charge in [0.1, 0.15) is 0 Å². The summed E-state index contributed by atoms with van der Waals surface area (Å²) in [5.41, 5.74) is 7.06. The predicted octanol–water partition coefficient (Wildman–Crippen LogP) is 2.55. The van der Waals surface area contributed by atoms with Crippen LogP contribution in [0.5, 0.6) is 0 Å². The van der Waals surface area contributed by atoms with Crippen molar-refractivity contribution in [1.82, 2.24) is 0 Å². The predicted molar refractivity (Wildman–Crippen MR) is 81.0 cm³/mol. The summed E-state index contributed by atoms with van der Waals surface area (Å²) in [7, 11) is 0. The molecule has 0 radical (unpaired) electrons. The number of nitriles is 1. The van der Waals surface area contributed by atoms with Crippen molar-refractivity contribution in [2.45, 2.75) is 25.4 Å². The fourth-order valence-electron chi connectivity index (χ4n) is 2.43. The number of benzene rings is 1. The molecule has 0 atom stereocenters. The van der Waals surface area contributed by atoms with Gasteiger partial charge in [-0.3, -0.25) is 0 Å². The molecule has 0 unspecified atom stereocenters. The van der Waals surface area contributed by atoms with Crippen molar-refractivity contribution < 1.29 is 4.74 Å². The lowest BCUT2D eigenvalue weighted by atomic mass is 10.1. The monoisotopic (exact) mass is 293 g/mol. The van der Waals surface area contributed by atoms with E-state index in [1.54, 1.807) is 6.07 Å². The number of nitrogens with two attached hydrogens (primary N) is 1. The first-order chi connectivity index (χ1) is 9.74. The van der Waals surface area contributed by atoms with Gasteiger partial charge in [-0.15, -0.1) is 0 Å². The van der Waals surface area contributed by atoms with Crippen LogP contribution < -0.4 is 10.6 Å². The summed E-state index contributed by atoms with van der Waals surface area (Å²) in [4.78, 5) is 2.26. The number of nitrogens with zero attached hydrogens (tertiary/aromatic N) is 2. The Morgan fingerprint density at radius 3 is 2.75 bits per heavy atom. The van der Waals surface area contributed by atoms with Crippen LogP contribution in [-0.4, -0.2) is 32.3 Å². The van der Waals surface area contributed by atoms with Crippen LogP contribution in [0.25, 0.3) is 0 Å². The summed E-state index contributed by atoms with van der Waals surface area (Å²) in [5.74, 6) is 0. The molecule has 0 amide bonds. The van der Waals surface area contributed by atoms with Gasteiger partial charge < -0.3 is 15.4 Å². The van der Waals surface area contributed by atoms with E-state index in [1.165, 1.54) is 0 Å². The highest BCUT2D eigenvalue weighted by atomic mass is 35.5. The Kier molecular flexibility index (Phi) is 5.66. The third kappa shape index (κ3) is 3.86. The van der Waals surface area contributed by atoms with E-state index in [0.717, 1.165) is 44.6 Å². The average molecular weight is 294 g/mol. The van der Waals surface area contributed by atoms with Crippen molar-refractivity contribution in [3.63, 3.8) is 0 Å². The Balaban J connectivity index is 1.89. The highest BCUT2D eigenvalue weighted by molar-refractivity contribution is 6.33. The van der Waals surface area contributed by atoms with Gasteiger partial charge in [-0.1, -0.05) is 11.6 Å². The van der Waals surface area contributed by atoms with Gasteiger partial charge in [-0.25, -0.2) is 0 Å². The molecule has 1 fully saturated rings. The second-order valence-corrected chi connectivity index (χ2v) is 5.38. The molecule has 1 heterocycles. The second kappa shape index (κ2) is 7.49. The minimum absolute atomic E-state index is 0.329. The molecule has 0 aromatic heterocycles. The summed E-state index contributed by atoms with van der Waals surface area (Å²) >= 11 is 6.24. The topological polar surface area (TPSA) is 62.3 Å². The largest absolute Gasteiger partial charge is 0.378 e. The van der Waals surface area contributed by atoms with Gasteiger partial charge >= 0.3 is 0 Å². The third-order valence-corrected chi connectivity index (χ3v) is 3.86. The summed E-state index contributed by atoms with van der Waals surface area (Å²) in [5, 5.41) is 9.50. The number of hydrogen-bond donors (Lipinski definition) is 1. The minimum atomic E-state index is 0.329. The van der Waals surface area contributed by atoms with Gasteiger partial charge in [0.15, 0.2) is 0 Å². The van der Waals surface area contributed by atoms with E-state index in [9.17, 15) is 0 Å². The van der Waals surface area contributed by atoms with E-state index < -0.39 is 0 Å². The maximum absolute atomic E-state index is 8.85. The average Bonchev–Trinajstić information content (AvgIpc) is 2.48. The molecule has 1 aliphatic heterocycles. The van der Waals surface area contributed by atoms with E-state index in [-0.39, 0.29) is 0 Å². The van der Waals surface area contributed by atoms with Crippen molar-refractivity contribution in [2.75, 3.05) is 31.1 Å². The number of piperidine rings is 1. The molecule has 0 saturated carbocycles. The molecule has 0 spiro atoms. The summed E-state index contributed by atoms with van der Waals surface area (Å²) < 4.78 is 5.79. The Bertz CT molecular complexity index is 478. The van der Waals surface area contributed by atoms with Gasteiger partial charge in [-0.2, -0.15) is 5.26 Å². The van der Waals surface area contributed by atoms with E-state index in [4.69, 9.17) is 27.3 Å². The Morgan fingerprint density at radius 1 is 1.40 bits per heavy atom. The van der Waals surface area contributed by atoms with Gasteiger partial charge in [0.05, 0.1) is 28.4 Å². The van der Waals surface area contributed by atoms with Crippen LogP contribution in [0, 0.1) is 11.3 Å². The molecule has 0 bridgehead atoms. The highest BCUT2D eigenvalue weighted by Gasteiger charge is 2.21. The normalized spacial score (nSPS) is 16.1. The molecule has 108 valence electrons. The van der Waals surface area contributed by atoms with Crippen LogP contribution in [0.3, 0.4) is 0 Å². The van der Waals surface area contributed by atoms with Crippen LogP contribution in [0.2, 0.25) is 5.02 Å². The lowest BCUT2D eigenvalue weighted by molar-refractivity contribution is 0.0366.